The first-order valence-electron chi connectivity index (χ1n) is 7.52. The Kier molecular flexibility index (Phi) is 4.39. The molecule has 0 aliphatic rings. The third-order valence-electron chi connectivity index (χ3n) is 3.69. The zero-order chi connectivity index (χ0) is 16.1. The van der Waals surface area contributed by atoms with Gasteiger partial charge in [-0.1, -0.05) is 73.8 Å². The van der Waals surface area contributed by atoms with E-state index in [1.165, 1.54) is 5.56 Å². The third-order valence-corrected chi connectivity index (χ3v) is 3.69. The van der Waals surface area contributed by atoms with E-state index in [4.69, 9.17) is 4.74 Å². The van der Waals surface area contributed by atoms with Crippen LogP contribution in [-0.4, -0.2) is 0 Å². The fourth-order valence-electron chi connectivity index (χ4n) is 2.34. The SMILES string of the molecule is C=Cc1ccc(Oc2ccc(-c3ccc(C=C)cc3)cc2)cc1. The van der Waals surface area contributed by atoms with Crippen molar-refractivity contribution >= 4 is 12.2 Å². The van der Waals surface area contributed by atoms with Gasteiger partial charge < -0.3 is 4.74 Å². The van der Waals surface area contributed by atoms with Crippen LogP contribution in [0, 0.1) is 0 Å². The molecule has 0 saturated carbocycles. The maximum absolute atomic E-state index is 5.86. The molecule has 0 aliphatic heterocycles. The number of rotatable bonds is 5. The molecule has 0 aromatic heterocycles. The van der Waals surface area contributed by atoms with Gasteiger partial charge in [0.15, 0.2) is 0 Å². The van der Waals surface area contributed by atoms with Gasteiger partial charge in [0.05, 0.1) is 0 Å². The standard InChI is InChI=1S/C22H18O/c1-3-17-5-9-19(10-6-17)20-11-15-22(16-12-20)23-21-13-7-18(4-2)8-14-21/h3-16H,1-2H2. The van der Waals surface area contributed by atoms with Crippen molar-refractivity contribution in [1.29, 1.82) is 0 Å². The highest BCUT2D eigenvalue weighted by Crippen LogP contribution is 2.26. The number of hydrogen-bond acceptors (Lipinski definition) is 1. The van der Waals surface area contributed by atoms with Crippen LogP contribution in [0.15, 0.2) is 86.0 Å². The molecule has 0 unspecified atom stereocenters. The summed E-state index contributed by atoms with van der Waals surface area (Å²) >= 11 is 0. The van der Waals surface area contributed by atoms with E-state index in [0.717, 1.165) is 28.2 Å². The normalized spacial score (nSPS) is 10.1. The van der Waals surface area contributed by atoms with Crippen LogP contribution < -0.4 is 4.74 Å². The number of benzene rings is 3. The van der Waals surface area contributed by atoms with E-state index in [1.807, 2.05) is 48.6 Å². The number of hydrogen-bond donors (Lipinski definition) is 0. The van der Waals surface area contributed by atoms with Gasteiger partial charge in [-0.2, -0.15) is 0 Å². The first-order valence-corrected chi connectivity index (χ1v) is 7.52. The summed E-state index contributed by atoms with van der Waals surface area (Å²) in [4.78, 5) is 0. The van der Waals surface area contributed by atoms with Crippen molar-refractivity contribution in [3.8, 4) is 22.6 Å². The maximum Gasteiger partial charge on any atom is 0.127 e. The lowest BCUT2D eigenvalue weighted by Gasteiger charge is -2.08. The van der Waals surface area contributed by atoms with E-state index in [1.54, 1.807) is 0 Å². The molecule has 3 rings (SSSR count). The Morgan fingerprint density at radius 2 is 0.870 bits per heavy atom. The Morgan fingerprint density at radius 3 is 1.30 bits per heavy atom. The predicted octanol–water partition coefficient (Wildman–Crippen LogP) is 6.43. The minimum Gasteiger partial charge on any atom is -0.457 e. The second-order valence-electron chi connectivity index (χ2n) is 5.23. The molecule has 112 valence electrons. The van der Waals surface area contributed by atoms with Crippen LogP contribution in [0.25, 0.3) is 23.3 Å². The highest BCUT2D eigenvalue weighted by molar-refractivity contribution is 5.66. The average Bonchev–Trinajstić information content (AvgIpc) is 2.63. The van der Waals surface area contributed by atoms with Crippen molar-refractivity contribution in [3.63, 3.8) is 0 Å². The van der Waals surface area contributed by atoms with Gasteiger partial charge in [0.1, 0.15) is 11.5 Å². The maximum atomic E-state index is 5.86. The van der Waals surface area contributed by atoms with Crippen molar-refractivity contribution in [3.05, 3.63) is 97.1 Å². The highest BCUT2D eigenvalue weighted by Gasteiger charge is 2.00. The Labute approximate surface area is 137 Å². The minimum absolute atomic E-state index is 0.818. The molecule has 0 N–H and O–H groups in total. The lowest BCUT2D eigenvalue weighted by atomic mass is 10.0. The zero-order valence-electron chi connectivity index (χ0n) is 12.9. The van der Waals surface area contributed by atoms with E-state index >= 15 is 0 Å². The van der Waals surface area contributed by atoms with Crippen molar-refractivity contribution in [2.24, 2.45) is 0 Å². The van der Waals surface area contributed by atoms with Crippen LogP contribution in [0.5, 0.6) is 11.5 Å². The molecule has 1 nitrogen and oxygen atoms in total. The molecule has 1 heteroatoms. The van der Waals surface area contributed by atoms with Gasteiger partial charge in [0.25, 0.3) is 0 Å². The zero-order valence-corrected chi connectivity index (χ0v) is 12.9. The van der Waals surface area contributed by atoms with Gasteiger partial charge in [0, 0.05) is 0 Å². The second kappa shape index (κ2) is 6.80. The van der Waals surface area contributed by atoms with E-state index < -0.39 is 0 Å². The molecule has 0 atom stereocenters. The second-order valence-corrected chi connectivity index (χ2v) is 5.23. The van der Waals surface area contributed by atoms with Crippen LogP contribution in [0.3, 0.4) is 0 Å². The summed E-state index contributed by atoms with van der Waals surface area (Å²) in [5.41, 5.74) is 4.54. The summed E-state index contributed by atoms with van der Waals surface area (Å²) in [5, 5.41) is 0. The van der Waals surface area contributed by atoms with Crippen LogP contribution in [0.2, 0.25) is 0 Å². The molecule has 3 aromatic carbocycles. The first-order chi connectivity index (χ1) is 11.3. The topological polar surface area (TPSA) is 9.23 Å². The Morgan fingerprint density at radius 1 is 0.522 bits per heavy atom. The highest BCUT2D eigenvalue weighted by atomic mass is 16.5. The molecule has 0 fully saturated rings. The van der Waals surface area contributed by atoms with Crippen LogP contribution in [0.4, 0.5) is 0 Å². The monoisotopic (exact) mass is 298 g/mol. The van der Waals surface area contributed by atoms with Crippen molar-refractivity contribution < 1.29 is 4.74 Å². The largest absolute Gasteiger partial charge is 0.457 e. The molecular formula is C22H18O. The van der Waals surface area contributed by atoms with Gasteiger partial charge in [0.2, 0.25) is 0 Å². The molecule has 0 bridgehead atoms. The van der Waals surface area contributed by atoms with Crippen molar-refractivity contribution in [2.75, 3.05) is 0 Å². The molecule has 23 heavy (non-hydrogen) atoms. The summed E-state index contributed by atoms with van der Waals surface area (Å²) in [5.74, 6) is 1.64. The van der Waals surface area contributed by atoms with Crippen molar-refractivity contribution in [2.45, 2.75) is 0 Å². The van der Waals surface area contributed by atoms with E-state index in [-0.39, 0.29) is 0 Å². The Bertz CT molecular complexity index is 794. The average molecular weight is 298 g/mol. The first kappa shape index (κ1) is 14.9. The van der Waals surface area contributed by atoms with Gasteiger partial charge in [-0.15, -0.1) is 0 Å². The molecule has 0 amide bonds. The smallest absolute Gasteiger partial charge is 0.127 e. The third kappa shape index (κ3) is 3.58. The lowest BCUT2D eigenvalue weighted by molar-refractivity contribution is 0.483. The fraction of sp³-hybridized carbons (Fsp3) is 0. The molecule has 0 radical (unpaired) electrons. The fourth-order valence-corrected chi connectivity index (χ4v) is 2.34. The molecule has 0 aliphatic carbocycles. The van der Waals surface area contributed by atoms with Gasteiger partial charge >= 0.3 is 0 Å². The van der Waals surface area contributed by atoms with Crippen LogP contribution in [-0.2, 0) is 0 Å². The van der Waals surface area contributed by atoms with Gasteiger partial charge in [-0.25, -0.2) is 0 Å². The van der Waals surface area contributed by atoms with Crippen LogP contribution >= 0.6 is 0 Å². The Balaban J connectivity index is 1.75. The lowest BCUT2D eigenvalue weighted by Crippen LogP contribution is -1.85. The molecule has 0 saturated heterocycles. The molecule has 0 heterocycles. The van der Waals surface area contributed by atoms with Crippen molar-refractivity contribution in [1.82, 2.24) is 0 Å². The van der Waals surface area contributed by atoms with Gasteiger partial charge in [-0.3, -0.25) is 0 Å². The predicted molar refractivity (Wildman–Crippen MR) is 98.6 cm³/mol. The van der Waals surface area contributed by atoms with E-state index in [9.17, 15) is 0 Å². The van der Waals surface area contributed by atoms with E-state index in [2.05, 4.69) is 49.6 Å². The van der Waals surface area contributed by atoms with Gasteiger partial charge in [-0.05, 0) is 46.5 Å². The summed E-state index contributed by atoms with van der Waals surface area (Å²) in [6, 6.07) is 24.3. The Hall–Kier alpha value is -3.06. The summed E-state index contributed by atoms with van der Waals surface area (Å²) < 4.78 is 5.86. The molecule has 0 spiro atoms. The quantitative estimate of drug-likeness (QED) is 0.527. The molecular weight excluding hydrogens is 280 g/mol. The summed E-state index contributed by atoms with van der Waals surface area (Å²) in [6.45, 7) is 7.52. The van der Waals surface area contributed by atoms with E-state index in [0.29, 0.717) is 0 Å². The summed E-state index contributed by atoms with van der Waals surface area (Å²) in [6.07, 6.45) is 3.66. The summed E-state index contributed by atoms with van der Waals surface area (Å²) in [7, 11) is 0. The molecule has 3 aromatic rings. The number of ether oxygens (including phenoxy) is 1. The van der Waals surface area contributed by atoms with Crippen LogP contribution in [0.1, 0.15) is 11.1 Å². The minimum atomic E-state index is 0.818.